The molecule has 0 aliphatic carbocycles. The first-order valence-electron chi connectivity index (χ1n) is 6.22. The number of nitriles is 1. The molecule has 1 rings (SSSR count). The number of aryl methyl sites for hydroxylation is 1. The lowest BCUT2D eigenvalue weighted by atomic mass is 10.1. The normalized spacial score (nSPS) is 10.4. The van der Waals surface area contributed by atoms with Gasteiger partial charge in [-0.15, -0.1) is 0 Å². The zero-order valence-corrected chi connectivity index (χ0v) is 11.7. The van der Waals surface area contributed by atoms with Gasteiger partial charge in [-0.2, -0.15) is 5.26 Å². The summed E-state index contributed by atoms with van der Waals surface area (Å²) in [7, 11) is 0. The third-order valence-corrected chi connectivity index (χ3v) is 2.48. The van der Waals surface area contributed by atoms with Gasteiger partial charge < -0.3 is 9.47 Å². The molecule has 0 fully saturated rings. The third kappa shape index (κ3) is 5.74. The maximum atomic E-state index is 11.7. The average Bonchev–Trinajstić information content (AvgIpc) is 2.46. The number of hydrogen-bond acceptors (Lipinski definition) is 5. The Balaban J connectivity index is 2.61. The second-order valence-corrected chi connectivity index (χ2v) is 4.12. The van der Waals surface area contributed by atoms with E-state index in [0.717, 1.165) is 17.4 Å². The van der Waals surface area contributed by atoms with Crippen LogP contribution in [0.2, 0.25) is 0 Å². The van der Waals surface area contributed by atoms with E-state index < -0.39 is 11.9 Å². The molecule has 0 N–H and O–H groups in total. The molecular weight excluding hydrogens is 270 g/mol. The molecule has 0 aliphatic rings. The van der Waals surface area contributed by atoms with Gasteiger partial charge in [0.25, 0.3) is 0 Å². The Morgan fingerprint density at radius 2 is 2.00 bits per heavy atom. The molecule has 0 aliphatic heterocycles. The number of rotatable bonds is 6. The Kier molecular flexibility index (Phi) is 6.42. The number of esters is 2. The molecule has 1 aromatic carbocycles. The van der Waals surface area contributed by atoms with Crippen molar-refractivity contribution >= 4 is 18.0 Å². The minimum atomic E-state index is -0.774. The van der Waals surface area contributed by atoms with Crippen molar-refractivity contribution in [1.82, 2.24) is 0 Å². The van der Waals surface area contributed by atoms with Gasteiger partial charge in [0.05, 0.1) is 12.7 Å². The molecule has 108 valence electrons. The van der Waals surface area contributed by atoms with E-state index in [4.69, 9.17) is 10.00 Å². The fraction of sp³-hybridized carbons (Fsp3) is 0.188. The summed E-state index contributed by atoms with van der Waals surface area (Å²) in [4.78, 5) is 22.7. The highest BCUT2D eigenvalue weighted by Gasteiger charge is 2.12. The minimum absolute atomic E-state index is 0.0962. The topological polar surface area (TPSA) is 76.4 Å². The molecule has 5 nitrogen and oxygen atoms in total. The Labute approximate surface area is 123 Å². The predicted octanol–water partition coefficient (Wildman–Crippen LogP) is 2.52. The Morgan fingerprint density at radius 3 is 2.57 bits per heavy atom. The smallest absolute Gasteiger partial charge is 0.348 e. The van der Waals surface area contributed by atoms with Crippen LogP contribution in [0.5, 0.6) is 0 Å². The first-order chi connectivity index (χ1) is 10.1. The van der Waals surface area contributed by atoms with Crippen LogP contribution in [-0.2, 0) is 19.1 Å². The minimum Gasteiger partial charge on any atom is -0.461 e. The van der Waals surface area contributed by atoms with Gasteiger partial charge in [-0.3, -0.25) is 4.79 Å². The van der Waals surface area contributed by atoms with Crippen LogP contribution in [0.3, 0.4) is 0 Å². The largest absolute Gasteiger partial charge is 0.461 e. The monoisotopic (exact) mass is 285 g/mol. The second-order valence-electron chi connectivity index (χ2n) is 4.12. The Morgan fingerprint density at radius 1 is 1.33 bits per heavy atom. The summed E-state index contributed by atoms with van der Waals surface area (Å²) >= 11 is 0. The summed E-state index contributed by atoms with van der Waals surface area (Å²) in [6.07, 6.45) is 2.34. The molecule has 0 radical (unpaired) electrons. The van der Waals surface area contributed by atoms with Crippen LogP contribution in [0.1, 0.15) is 17.5 Å². The van der Waals surface area contributed by atoms with Crippen molar-refractivity contribution in [3.63, 3.8) is 0 Å². The van der Waals surface area contributed by atoms with Crippen molar-refractivity contribution < 1.29 is 19.1 Å². The predicted molar refractivity (Wildman–Crippen MR) is 76.6 cm³/mol. The van der Waals surface area contributed by atoms with Gasteiger partial charge in [0.1, 0.15) is 18.2 Å². The van der Waals surface area contributed by atoms with Crippen LogP contribution in [0.25, 0.3) is 6.08 Å². The third-order valence-electron chi connectivity index (χ3n) is 2.48. The van der Waals surface area contributed by atoms with E-state index in [-0.39, 0.29) is 18.6 Å². The standard InChI is InChI=1S/C16H15NO4/c1-3-20-15(18)8-9-21-16(19)14(11-17)10-13-6-4-12(2)5-7-13/h3-7,10H,1,8-9H2,2H3/b14-10+. The summed E-state index contributed by atoms with van der Waals surface area (Å²) < 4.78 is 9.31. The Hall–Kier alpha value is -2.87. The molecule has 0 atom stereocenters. The molecule has 21 heavy (non-hydrogen) atoms. The summed E-state index contributed by atoms with van der Waals surface area (Å²) in [5, 5.41) is 8.98. The summed E-state index contributed by atoms with van der Waals surface area (Å²) in [6.45, 7) is 5.02. The van der Waals surface area contributed by atoms with Crippen LogP contribution in [0, 0.1) is 18.3 Å². The molecule has 0 saturated carbocycles. The van der Waals surface area contributed by atoms with Gasteiger partial charge in [-0.25, -0.2) is 4.79 Å². The molecule has 5 heteroatoms. The van der Waals surface area contributed by atoms with Gasteiger partial charge in [0.15, 0.2) is 0 Å². The summed E-state index contributed by atoms with van der Waals surface area (Å²) in [5.74, 6) is -1.33. The molecule has 0 heterocycles. The molecule has 0 amide bonds. The first-order valence-corrected chi connectivity index (χ1v) is 6.22. The van der Waals surface area contributed by atoms with Gasteiger partial charge in [0.2, 0.25) is 0 Å². The summed E-state index contributed by atoms with van der Waals surface area (Å²) in [5.41, 5.74) is 1.67. The van der Waals surface area contributed by atoms with Crippen molar-refractivity contribution in [2.75, 3.05) is 6.61 Å². The van der Waals surface area contributed by atoms with Crippen LogP contribution in [-0.4, -0.2) is 18.5 Å². The van der Waals surface area contributed by atoms with E-state index in [1.54, 1.807) is 18.2 Å². The van der Waals surface area contributed by atoms with Gasteiger partial charge in [-0.1, -0.05) is 36.4 Å². The molecule has 1 aromatic rings. The molecule has 0 unspecified atom stereocenters. The lowest BCUT2D eigenvalue weighted by Crippen LogP contribution is -2.11. The maximum Gasteiger partial charge on any atom is 0.348 e. The van der Waals surface area contributed by atoms with E-state index in [1.807, 2.05) is 19.1 Å². The molecular formula is C16H15NO4. The number of nitrogens with zero attached hydrogens (tertiary/aromatic N) is 1. The highest BCUT2D eigenvalue weighted by molar-refractivity contribution is 5.97. The average molecular weight is 285 g/mol. The zero-order valence-electron chi connectivity index (χ0n) is 11.7. The van der Waals surface area contributed by atoms with E-state index in [2.05, 4.69) is 11.3 Å². The van der Waals surface area contributed by atoms with Crippen LogP contribution in [0.15, 0.2) is 42.7 Å². The fourth-order valence-electron chi connectivity index (χ4n) is 1.42. The fourth-order valence-corrected chi connectivity index (χ4v) is 1.42. The summed E-state index contributed by atoms with van der Waals surface area (Å²) in [6, 6.07) is 9.11. The number of carbonyl (C=O) groups is 2. The van der Waals surface area contributed by atoms with Crippen LogP contribution in [0.4, 0.5) is 0 Å². The van der Waals surface area contributed by atoms with E-state index in [9.17, 15) is 9.59 Å². The van der Waals surface area contributed by atoms with E-state index >= 15 is 0 Å². The van der Waals surface area contributed by atoms with Gasteiger partial charge in [0, 0.05) is 0 Å². The van der Waals surface area contributed by atoms with E-state index in [0.29, 0.717) is 0 Å². The van der Waals surface area contributed by atoms with Crippen molar-refractivity contribution in [2.45, 2.75) is 13.3 Å². The number of benzene rings is 1. The van der Waals surface area contributed by atoms with Gasteiger partial charge >= 0.3 is 11.9 Å². The lowest BCUT2D eigenvalue weighted by Gasteiger charge is -2.03. The molecule has 0 spiro atoms. The van der Waals surface area contributed by atoms with Crippen molar-refractivity contribution in [3.8, 4) is 6.07 Å². The zero-order chi connectivity index (χ0) is 15.7. The van der Waals surface area contributed by atoms with Crippen LogP contribution < -0.4 is 0 Å². The number of ether oxygens (including phenoxy) is 2. The highest BCUT2D eigenvalue weighted by Crippen LogP contribution is 2.09. The molecule has 0 saturated heterocycles. The quantitative estimate of drug-likeness (QED) is 0.347. The molecule has 0 bridgehead atoms. The van der Waals surface area contributed by atoms with Crippen molar-refractivity contribution in [3.05, 3.63) is 53.8 Å². The van der Waals surface area contributed by atoms with E-state index in [1.165, 1.54) is 6.08 Å². The number of carbonyl (C=O) groups excluding carboxylic acids is 2. The maximum absolute atomic E-state index is 11.7. The molecule has 0 aromatic heterocycles. The SMILES string of the molecule is C=COC(=O)CCOC(=O)/C(C#N)=C/c1ccc(C)cc1. The van der Waals surface area contributed by atoms with Crippen molar-refractivity contribution in [2.24, 2.45) is 0 Å². The van der Waals surface area contributed by atoms with Crippen molar-refractivity contribution in [1.29, 1.82) is 5.26 Å². The lowest BCUT2D eigenvalue weighted by molar-refractivity contribution is -0.143. The first kappa shape index (κ1) is 16.2. The highest BCUT2D eigenvalue weighted by atomic mass is 16.5. The van der Waals surface area contributed by atoms with Crippen LogP contribution >= 0.6 is 0 Å². The second kappa shape index (κ2) is 8.33. The Bertz CT molecular complexity index is 594. The van der Waals surface area contributed by atoms with Gasteiger partial charge in [-0.05, 0) is 18.6 Å². The number of hydrogen-bond donors (Lipinski definition) is 0.